The van der Waals surface area contributed by atoms with Gasteiger partial charge in [-0.1, -0.05) is 0 Å². The molecule has 0 saturated heterocycles. The second kappa shape index (κ2) is 28.6. The average molecular weight is 137 g/mol. The molecule has 0 aromatic carbocycles. The van der Waals surface area contributed by atoms with Gasteiger partial charge in [0.25, 0.3) is 0 Å². The van der Waals surface area contributed by atoms with Crippen molar-refractivity contribution in [2.24, 2.45) is 0 Å². The molecule has 0 aromatic heterocycles. The maximum absolute atomic E-state index is 0. The van der Waals surface area contributed by atoms with Gasteiger partial charge in [0.1, 0.15) is 0 Å². The van der Waals surface area contributed by atoms with E-state index in [4.69, 9.17) is 0 Å². The minimum atomic E-state index is 0. The Hall–Kier alpha value is 1.25. The van der Waals surface area contributed by atoms with Crippen LogP contribution in [0.5, 0.6) is 0 Å². The Morgan fingerprint density at radius 2 is 0.750 bits per heavy atom. The molecular formula is H4Cl2NTi-. The summed E-state index contributed by atoms with van der Waals surface area (Å²) in [7, 11) is 0. The molecular weight excluding hydrogens is 133 g/mol. The minimum absolute atomic E-state index is 0. The number of hydrogen-bond acceptors (Lipinski definition) is 0. The van der Waals surface area contributed by atoms with Gasteiger partial charge in [-0.2, -0.15) is 0 Å². The predicted octanol–water partition coefficient (Wildman–Crippen LogP) is 1.56. The quantitative estimate of drug-likeness (QED) is 0.453. The number of halogens is 2. The molecule has 1 nitrogen and oxygen atoms in total. The van der Waals surface area contributed by atoms with Gasteiger partial charge in [-0.3, -0.25) is 0 Å². The van der Waals surface area contributed by atoms with Gasteiger partial charge in [-0.15, -0.1) is 24.8 Å². The smallest absolute Gasteiger partial charge is 0 e. The fourth-order valence-electron chi connectivity index (χ4n) is 0. The molecule has 0 heterocycles. The van der Waals surface area contributed by atoms with Crippen LogP contribution in [-0.2, 0) is 21.7 Å². The molecule has 4 heteroatoms. The van der Waals surface area contributed by atoms with E-state index in [0.29, 0.717) is 0 Å². The van der Waals surface area contributed by atoms with Gasteiger partial charge >= 0.3 is 0 Å². The molecule has 0 aliphatic carbocycles. The first-order chi connectivity index (χ1) is 0. The van der Waals surface area contributed by atoms with Crippen LogP contribution in [0.4, 0.5) is 0 Å². The normalized spacial score (nSPS) is 0. The van der Waals surface area contributed by atoms with Crippen LogP contribution in [0.25, 0.3) is 6.15 Å². The molecule has 0 aliphatic heterocycles. The summed E-state index contributed by atoms with van der Waals surface area (Å²) in [5, 5.41) is 0. The Morgan fingerprint density at radius 1 is 0.750 bits per heavy atom. The van der Waals surface area contributed by atoms with E-state index >= 15 is 0 Å². The summed E-state index contributed by atoms with van der Waals surface area (Å²) in [5.74, 6) is 0. The molecule has 0 unspecified atom stereocenters. The van der Waals surface area contributed by atoms with E-state index in [1.54, 1.807) is 0 Å². The average Bonchev–Trinajstić information content (AvgIpc) is 0. The van der Waals surface area contributed by atoms with Crippen molar-refractivity contribution < 1.29 is 21.7 Å². The van der Waals surface area contributed by atoms with Crippen molar-refractivity contribution in [2.45, 2.75) is 0 Å². The van der Waals surface area contributed by atoms with Crippen LogP contribution in [0, 0.1) is 0 Å². The van der Waals surface area contributed by atoms with Crippen LogP contribution in [0.2, 0.25) is 0 Å². The summed E-state index contributed by atoms with van der Waals surface area (Å²) in [5.41, 5.74) is 0. The second-order valence-electron chi connectivity index (χ2n) is 0. The van der Waals surface area contributed by atoms with Crippen LogP contribution in [-0.4, -0.2) is 0 Å². The molecule has 0 spiro atoms. The van der Waals surface area contributed by atoms with Crippen molar-refractivity contribution in [1.29, 1.82) is 0 Å². The van der Waals surface area contributed by atoms with Crippen LogP contribution in [0.1, 0.15) is 0 Å². The predicted molar refractivity (Wildman–Crippen MR) is 19.8 cm³/mol. The van der Waals surface area contributed by atoms with Crippen molar-refractivity contribution in [2.75, 3.05) is 0 Å². The van der Waals surface area contributed by atoms with Crippen LogP contribution >= 0.6 is 24.8 Å². The maximum Gasteiger partial charge on any atom is 0 e. The number of rotatable bonds is 0. The third kappa shape index (κ3) is 10.5. The summed E-state index contributed by atoms with van der Waals surface area (Å²) in [6, 6.07) is 0. The molecule has 0 aromatic rings. The molecule has 0 amide bonds. The Labute approximate surface area is 52.8 Å². The van der Waals surface area contributed by atoms with E-state index in [-0.39, 0.29) is 52.7 Å². The Bertz CT molecular complexity index is 6.00. The van der Waals surface area contributed by atoms with E-state index < -0.39 is 0 Å². The van der Waals surface area contributed by atoms with Gasteiger partial charge in [-0.05, 0) is 0 Å². The Balaban J connectivity index is 0. The first-order valence-corrected chi connectivity index (χ1v) is 0. The number of nitrogens with two attached hydrogens (primary N) is 1. The van der Waals surface area contributed by atoms with Gasteiger partial charge in [0.15, 0.2) is 0 Å². The second-order valence-corrected chi connectivity index (χ2v) is 0. The van der Waals surface area contributed by atoms with Crippen molar-refractivity contribution in [1.82, 2.24) is 0 Å². The summed E-state index contributed by atoms with van der Waals surface area (Å²) < 4.78 is 0. The Kier molecular flexibility index (Phi) is 433. The minimum Gasteiger partial charge on any atom is -0.693 e. The Morgan fingerprint density at radius 3 is 0.750 bits per heavy atom. The molecule has 0 radical (unpaired) electrons. The molecule has 0 aliphatic rings. The maximum atomic E-state index is 0. The summed E-state index contributed by atoms with van der Waals surface area (Å²) >= 11 is 0. The van der Waals surface area contributed by atoms with Gasteiger partial charge < -0.3 is 6.15 Å². The molecule has 0 bridgehead atoms. The van der Waals surface area contributed by atoms with Gasteiger partial charge in [0, 0.05) is 21.7 Å². The van der Waals surface area contributed by atoms with E-state index in [1.165, 1.54) is 0 Å². The first-order valence-electron chi connectivity index (χ1n) is 0. The van der Waals surface area contributed by atoms with E-state index in [1.807, 2.05) is 0 Å². The van der Waals surface area contributed by atoms with Crippen molar-refractivity contribution >= 4 is 24.8 Å². The van der Waals surface area contributed by atoms with Crippen LogP contribution < -0.4 is 0 Å². The first kappa shape index (κ1) is 60.4. The number of hydrogen-bond donors (Lipinski definition) is 0. The molecule has 0 fully saturated rings. The molecule has 0 saturated carbocycles. The van der Waals surface area contributed by atoms with Gasteiger partial charge in [0.2, 0.25) is 0 Å². The zero-order chi connectivity index (χ0) is 0. The zero-order valence-corrected chi connectivity index (χ0v) is 5.09. The SMILES string of the molecule is Cl.Cl.[NH2-].[Ti]. The fraction of sp³-hybridized carbons (Fsp3) is 0. The third-order valence-corrected chi connectivity index (χ3v) is 0. The van der Waals surface area contributed by atoms with Crippen molar-refractivity contribution in [3.05, 3.63) is 6.15 Å². The summed E-state index contributed by atoms with van der Waals surface area (Å²) in [6.07, 6.45) is 0. The molecule has 2 N–H and O–H groups in total. The monoisotopic (exact) mass is 136 g/mol. The summed E-state index contributed by atoms with van der Waals surface area (Å²) in [6.45, 7) is 0. The fourth-order valence-corrected chi connectivity index (χ4v) is 0. The van der Waals surface area contributed by atoms with Crippen molar-refractivity contribution in [3.8, 4) is 0 Å². The molecule has 28 valence electrons. The molecule has 0 rings (SSSR count). The largest absolute Gasteiger partial charge is 0.693 e. The molecule has 4 heavy (non-hydrogen) atoms. The van der Waals surface area contributed by atoms with Gasteiger partial charge in [0.05, 0.1) is 0 Å². The van der Waals surface area contributed by atoms with Gasteiger partial charge in [-0.25, -0.2) is 0 Å². The van der Waals surface area contributed by atoms with E-state index in [9.17, 15) is 0 Å². The third-order valence-electron chi connectivity index (χ3n) is 0. The summed E-state index contributed by atoms with van der Waals surface area (Å²) in [4.78, 5) is 0. The molecule has 0 atom stereocenters. The topological polar surface area (TPSA) is 33.5 Å². The van der Waals surface area contributed by atoms with E-state index in [2.05, 4.69) is 0 Å². The van der Waals surface area contributed by atoms with Crippen LogP contribution in [0.3, 0.4) is 0 Å². The zero-order valence-electron chi connectivity index (χ0n) is 1.89. The van der Waals surface area contributed by atoms with Crippen LogP contribution in [0.15, 0.2) is 0 Å². The van der Waals surface area contributed by atoms with E-state index in [0.717, 1.165) is 0 Å². The standard InChI is InChI=1S/2ClH.H2N.Ti/h2*1H;1H2;/q;;-1;. The van der Waals surface area contributed by atoms with Crippen molar-refractivity contribution in [3.63, 3.8) is 0 Å².